The number of ether oxygens (including phenoxy) is 3. The first kappa shape index (κ1) is 30.7. The van der Waals surface area contributed by atoms with Crippen molar-refractivity contribution >= 4 is 26.0 Å². The van der Waals surface area contributed by atoms with Crippen LogP contribution in [0.3, 0.4) is 0 Å². The van der Waals surface area contributed by atoms with Gasteiger partial charge in [0.15, 0.2) is 14.1 Å². The molecule has 0 aromatic heterocycles. The van der Waals surface area contributed by atoms with Crippen LogP contribution in [0.25, 0.3) is 0 Å². The summed E-state index contributed by atoms with van der Waals surface area (Å²) in [6, 6.07) is 0. The highest BCUT2D eigenvalue weighted by Crippen LogP contribution is 2.39. The Morgan fingerprint density at radius 1 is 1.12 bits per heavy atom. The second kappa shape index (κ2) is 12.1. The Morgan fingerprint density at radius 2 is 1.74 bits per heavy atom. The van der Waals surface area contributed by atoms with Crippen molar-refractivity contribution in [2.24, 2.45) is 0 Å². The first-order chi connectivity index (χ1) is 15.4. The largest absolute Gasteiger partial charge is 0.466 e. The summed E-state index contributed by atoms with van der Waals surface area (Å²) >= 11 is 0. The third kappa shape index (κ3) is 11.0. The lowest BCUT2D eigenvalue weighted by Crippen LogP contribution is -2.47. The zero-order chi connectivity index (χ0) is 26.4. The maximum absolute atomic E-state index is 12.6. The van der Waals surface area contributed by atoms with Gasteiger partial charge in [-0.2, -0.15) is 0 Å². The van der Waals surface area contributed by atoms with E-state index in [0.717, 1.165) is 0 Å². The highest BCUT2D eigenvalue weighted by molar-refractivity contribution is 6.74. The van der Waals surface area contributed by atoms with Crippen LogP contribution in [0.2, 0.25) is 18.1 Å². The molecule has 3 atom stereocenters. The summed E-state index contributed by atoms with van der Waals surface area (Å²) in [6.07, 6.45) is 0.654. The molecule has 1 aliphatic rings. The second-order valence-electron chi connectivity index (χ2n) is 11.8. The van der Waals surface area contributed by atoms with Crippen LogP contribution in [0.15, 0.2) is 0 Å². The van der Waals surface area contributed by atoms with Crippen molar-refractivity contribution in [1.82, 2.24) is 0 Å². The van der Waals surface area contributed by atoms with E-state index >= 15 is 0 Å². The van der Waals surface area contributed by atoms with Crippen LogP contribution >= 0.6 is 0 Å². The summed E-state index contributed by atoms with van der Waals surface area (Å²) in [5.41, 5.74) is -0.598. The first-order valence-electron chi connectivity index (χ1n) is 12.3. The fraction of sp³-hybridized carbons (Fsp3) is 0.880. The second-order valence-corrected chi connectivity index (χ2v) is 16.6. The molecule has 1 N–H and O–H groups in total. The van der Waals surface area contributed by atoms with E-state index in [1.165, 1.54) is 0 Å². The van der Waals surface area contributed by atoms with Crippen LogP contribution in [-0.2, 0) is 33.0 Å². The Hall–Kier alpha value is -1.29. The van der Waals surface area contributed by atoms with Gasteiger partial charge in [0.25, 0.3) is 0 Å². The van der Waals surface area contributed by atoms with Gasteiger partial charge in [-0.05, 0) is 65.1 Å². The lowest BCUT2D eigenvalue weighted by molar-refractivity contribution is -0.257. The number of hydrogen-bond acceptors (Lipinski definition) is 8. The highest BCUT2D eigenvalue weighted by Gasteiger charge is 2.42. The van der Waals surface area contributed by atoms with E-state index in [4.69, 9.17) is 18.6 Å². The molecule has 8 nitrogen and oxygen atoms in total. The van der Waals surface area contributed by atoms with E-state index in [9.17, 15) is 19.5 Å². The van der Waals surface area contributed by atoms with Gasteiger partial charge in [0, 0.05) is 6.42 Å². The average Bonchev–Trinajstić information content (AvgIpc) is 2.57. The molecule has 198 valence electrons. The van der Waals surface area contributed by atoms with Crippen LogP contribution in [0, 0.1) is 0 Å². The van der Waals surface area contributed by atoms with Crippen molar-refractivity contribution in [2.45, 2.75) is 135 Å². The minimum atomic E-state index is -2.20. The molecule has 0 spiro atoms. The molecule has 0 amide bonds. The number of carbonyl (C=O) groups is 3. The first-order valence-corrected chi connectivity index (χ1v) is 15.2. The van der Waals surface area contributed by atoms with Gasteiger partial charge in [-0.3, -0.25) is 14.4 Å². The number of esters is 2. The molecule has 0 bridgehead atoms. The molecule has 0 radical (unpaired) electrons. The lowest BCUT2D eigenvalue weighted by Gasteiger charge is -2.42. The van der Waals surface area contributed by atoms with E-state index in [-0.39, 0.29) is 43.0 Å². The summed E-state index contributed by atoms with van der Waals surface area (Å²) in [4.78, 5) is 36.5. The van der Waals surface area contributed by atoms with Gasteiger partial charge in [-0.15, -0.1) is 0 Å². The summed E-state index contributed by atoms with van der Waals surface area (Å²) in [5, 5.41) is 10.9. The SMILES string of the molecule is CCOC(=O)CC(=O)CC1(O)CCC[C@@H](C[C@H](CC(=O)OC(C)(C)C)O[Si](C)(C)C(C)(C)C)O1. The molecule has 1 rings (SSSR count). The van der Waals surface area contributed by atoms with Gasteiger partial charge in [0.05, 0.1) is 31.7 Å². The van der Waals surface area contributed by atoms with Gasteiger partial charge in [-0.25, -0.2) is 0 Å². The molecule has 1 aliphatic heterocycles. The van der Waals surface area contributed by atoms with Gasteiger partial charge in [0.1, 0.15) is 17.8 Å². The van der Waals surface area contributed by atoms with Crippen molar-refractivity contribution in [3.8, 4) is 0 Å². The Kier molecular flexibility index (Phi) is 10.9. The van der Waals surface area contributed by atoms with Crippen molar-refractivity contribution < 1.29 is 38.1 Å². The normalized spacial score (nSPS) is 22.7. The molecule has 0 aromatic carbocycles. The molecule has 1 saturated heterocycles. The van der Waals surface area contributed by atoms with E-state index in [0.29, 0.717) is 25.7 Å². The van der Waals surface area contributed by atoms with E-state index < -0.39 is 37.6 Å². The van der Waals surface area contributed by atoms with Crippen molar-refractivity contribution in [1.29, 1.82) is 0 Å². The predicted octanol–water partition coefficient (Wildman–Crippen LogP) is 4.67. The maximum atomic E-state index is 12.6. The zero-order valence-electron chi connectivity index (χ0n) is 22.6. The smallest absolute Gasteiger partial charge is 0.313 e. The topological polar surface area (TPSA) is 108 Å². The monoisotopic (exact) mass is 502 g/mol. The molecule has 1 heterocycles. The summed E-state index contributed by atoms with van der Waals surface area (Å²) in [6.45, 7) is 18.0. The summed E-state index contributed by atoms with van der Waals surface area (Å²) < 4.78 is 22.9. The van der Waals surface area contributed by atoms with Crippen LogP contribution < -0.4 is 0 Å². The number of Topliss-reactive ketones (excluding diaryl/α,β-unsaturated/α-hetero) is 1. The number of ketones is 1. The zero-order valence-corrected chi connectivity index (χ0v) is 23.6. The summed E-state index contributed by atoms with van der Waals surface area (Å²) in [5.74, 6) is -3.01. The van der Waals surface area contributed by atoms with Gasteiger partial charge >= 0.3 is 11.9 Å². The fourth-order valence-corrected chi connectivity index (χ4v) is 5.07. The molecule has 1 unspecified atom stereocenters. The predicted molar refractivity (Wildman–Crippen MR) is 132 cm³/mol. The quantitative estimate of drug-likeness (QED) is 0.247. The molecule has 34 heavy (non-hydrogen) atoms. The molecule has 1 fully saturated rings. The number of aliphatic hydroxyl groups is 1. The van der Waals surface area contributed by atoms with E-state index in [1.54, 1.807) is 6.92 Å². The van der Waals surface area contributed by atoms with Gasteiger partial charge in [-0.1, -0.05) is 20.8 Å². The number of hydrogen-bond donors (Lipinski definition) is 1. The molecular formula is C25H46O8Si. The van der Waals surface area contributed by atoms with E-state index in [1.807, 2.05) is 20.8 Å². The Balaban J connectivity index is 2.91. The van der Waals surface area contributed by atoms with Crippen LogP contribution in [0.1, 0.15) is 93.4 Å². The summed E-state index contributed by atoms with van der Waals surface area (Å²) in [7, 11) is -2.20. The van der Waals surface area contributed by atoms with E-state index in [2.05, 4.69) is 33.9 Å². The van der Waals surface area contributed by atoms with Crippen LogP contribution in [-0.4, -0.2) is 61.3 Å². The highest BCUT2D eigenvalue weighted by atomic mass is 28.4. The maximum Gasteiger partial charge on any atom is 0.313 e. The third-order valence-corrected chi connectivity index (χ3v) is 10.7. The lowest BCUT2D eigenvalue weighted by atomic mass is 9.93. The molecule has 0 aromatic rings. The Morgan fingerprint density at radius 3 is 2.26 bits per heavy atom. The minimum Gasteiger partial charge on any atom is -0.466 e. The molecule has 9 heteroatoms. The minimum absolute atomic E-state index is 0.0488. The van der Waals surface area contributed by atoms with Crippen LogP contribution in [0.5, 0.6) is 0 Å². The van der Waals surface area contributed by atoms with Crippen molar-refractivity contribution in [3.63, 3.8) is 0 Å². The number of carbonyl (C=O) groups excluding carboxylic acids is 3. The third-order valence-electron chi connectivity index (χ3n) is 6.21. The fourth-order valence-electron chi connectivity index (χ4n) is 3.70. The number of rotatable bonds is 11. The van der Waals surface area contributed by atoms with Gasteiger partial charge in [0.2, 0.25) is 0 Å². The Bertz CT molecular complexity index is 707. The van der Waals surface area contributed by atoms with Crippen molar-refractivity contribution in [3.05, 3.63) is 0 Å². The van der Waals surface area contributed by atoms with Crippen LogP contribution in [0.4, 0.5) is 0 Å². The van der Waals surface area contributed by atoms with Crippen molar-refractivity contribution in [2.75, 3.05) is 6.61 Å². The average molecular weight is 503 g/mol. The molecule has 0 saturated carbocycles. The van der Waals surface area contributed by atoms with Gasteiger partial charge < -0.3 is 23.7 Å². The molecule has 0 aliphatic carbocycles. The molecular weight excluding hydrogens is 456 g/mol. The standard InChI is InChI=1S/C25H46O8Si/c1-10-30-21(27)14-18(26)17-25(29)13-11-12-19(31-25)15-20(16-22(28)32-23(2,3)4)33-34(8,9)24(5,6)7/h19-20,29H,10-17H2,1-9H3/t19-,20+,25?/m0/s1. The Labute approximate surface area is 206 Å².